The van der Waals surface area contributed by atoms with Crippen LogP contribution in [-0.4, -0.2) is 5.78 Å². The quantitative estimate of drug-likeness (QED) is 0.782. The van der Waals surface area contributed by atoms with Gasteiger partial charge in [0.1, 0.15) is 5.78 Å². The van der Waals surface area contributed by atoms with Crippen molar-refractivity contribution in [2.24, 2.45) is 5.41 Å². The molecule has 17 heavy (non-hydrogen) atoms. The lowest BCUT2D eigenvalue weighted by Crippen LogP contribution is -2.20. The minimum absolute atomic E-state index is 0.216. The lowest BCUT2D eigenvalue weighted by atomic mass is 9.87. The van der Waals surface area contributed by atoms with E-state index in [0.29, 0.717) is 12.2 Å². The Morgan fingerprint density at radius 3 is 2.65 bits per heavy atom. The second-order valence-corrected chi connectivity index (χ2v) is 6.34. The van der Waals surface area contributed by atoms with E-state index in [9.17, 15) is 4.79 Å². The van der Waals surface area contributed by atoms with Crippen LogP contribution >= 0.6 is 11.3 Å². The van der Waals surface area contributed by atoms with Crippen molar-refractivity contribution in [1.29, 1.82) is 0 Å². The van der Waals surface area contributed by atoms with Crippen molar-refractivity contribution < 1.29 is 4.79 Å². The molecule has 0 atom stereocenters. The molecule has 1 aromatic heterocycles. The van der Waals surface area contributed by atoms with Crippen LogP contribution in [0.15, 0.2) is 29.6 Å². The van der Waals surface area contributed by atoms with Gasteiger partial charge in [-0.05, 0) is 28.8 Å². The molecule has 1 aromatic carbocycles. The minimum atomic E-state index is -0.216. The molecule has 2 heteroatoms. The van der Waals surface area contributed by atoms with Crippen LogP contribution in [0.3, 0.4) is 0 Å². The number of hydrogen-bond acceptors (Lipinski definition) is 2. The van der Waals surface area contributed by atoms with E-state index in [0.717, 1.165) is 6.42 Å². The van der Waals surface area contributed by atoms with E-state index in [-0.39, 0.29) is 5.41 Å². The summed E-state index contributed by atoms with van der Waals surface area (Å²) >= 11 is 1.76. The fraction of sp³-hybridized carbons (Fsp3) is 0.400. The zero-order valence-corrected chi connectivity index (χ0v) is 11.4. The second kappa shape index (κ2) is 4.61. The molecule has 0 fully saturated rings. The van der Waals surface area contributed by atoms with Crippen molar-refractivity contribution in [3.8, 4) is 0 Å². The number of fused-ring (bicyclic) bond motifs is 1. The van der Waals surface area contributed by atoms with Crippen LogP contribution in [0, 0.1) is 5.41 Å². The van der Waals surface area contributed by atoms with Crippen molar-refractivity contribution in [3.63, 3.8) is 0 Å². The summed E-state index contributed by atoms with van der Waals surface area (Å²) in [5, 5.41) is 3.49. The molecule has 0 saturated heterocycles. The van der Waals surface area contributed by atoms with Gasteiger partial charge in [-0.1, -0.05) is 39.0 Å². The van der Waals surface area contributed by atoms with Crippen molar-refractivity contribution in [2.45, 2.75) is 33.6 Å². The normalized spacial score (nSPS) is 11.9. The van der Waals surface area contributed by atoms with Gasteiger partial charge in [-0.25, -0.2) is 0 Å². The van der Waals surface area contributed by atoms with E-state index in [4.69, 9.17) is 0 Å². The molecule has 0 amide bonds. The molecule has 90 valence electrons. The maximum absolute atomic E-state index is 11.9. The van der Waals surface area contributed by atoms with Gasteiger partial charge in [0, 0.05) is 16.5 Å². The average Bonchev–Trinajstić information content (AvgIpc) is 2.68. The van der Waals surface area contributed by atoms with Crippen LogP contribution in [-0.2, 0) is 11.2 Å². The van der Waals surface area contributed by atoms with E-state index in [1.54, 1.807) is 11.3 Å². The van der Waals surface area contributed by atoms with E-state index in [2.05, 4.69) is 29.6 Å². The standard InChI is InChI=1S/C15H18OS/c1-15(2,3)14(16)9-8-11-10-17-13-7-5-4-6-12(11)13/h4-7,10H,8-9H2,1-3H3. The molecule has 1 heterocycles. The van der Waals surface area contributed by atoms with Gasteiger partial charge < -0.3 is 0 Å². The van der Waals surface area contributed by atoms with Gasteiger partial charge in [-0.2, -0.15) is 0 Å². The first-order valence-electron chi connectivity index (χ1n) is 5.97. The largest absolute Gasteiger partial charge is 0.299 e. The molecule has 0 N–H and O–H groups in total. The molecule has 0 radical (unpaired) electrons. The van der Waals surface area contributed by atoms with Crippen molar-refractivity contribution in [2.75, 3.05) is 0 Å². The Bertz CT molecular complexity index is 531. The van der Waals surface area contributed by atoms with Gasteiger partial charge in [0.25, 0.3) is 0 Å². The number of hydrogen-bond donors (Lipinski definition) is 0. The number of thiophene rings is 1. The summed E-state index contributed by atoms with van der Waals surface area (Å²) in [7, 11) is 0. The number of aryl methyl sites for hydroxylation is 1. The third-order valence-electron chi connectivity index (χ3n) is 3.02. The van der Waals surface area contributed by atoms with E-state index in [1.165, 1.54) is 15.6 Å². The lowest BCUT2D eigenvalue weighted by Gasteiger charge is -2.16. The molecule has 0 aliphatic rings. The summed E-state index contributed by atoms with van der Waals surface area (Å²) < 4.78 is 1.31. The first kappa shape index (κ1) is 12.3. The monoisotopic (exact) mass is 246 g/mol. The van der Waals surface area contributed by atoms with Crippen molar-refractivity contribution in [1.82, 2.24) is 0 Å². The summed E-state index contributed by atoms with van der Waals surface area (Å²) in [6, 6.07) is 8.39. The number of Topliss-reactive ketones (excluding diaryl/α,β-unsaturated/α-hetero) is 1. The molecule has 1 nitrogen and oxygen atoms in total. The van der Waals surface area contributed by atoms with Gasteiger partial charge in [0.2, 0.25) is 0 Å². The fourth-order valence-electron chi connectivity index (χ4n) is 1.85. The van der Waals surface area contributed by atoms with Crippen LogP contribution < -0.4 is 0 Å². The van der Waals surface area contributed by atoms with Gasteiger partial charge >= 0.3 is 0 Å². The maximum Gasteiger partial charge on any atom is 0.138 e. The zero-order valence-electron chi connectivity index (χ0n) is 10.6. The molecule has 0 aliphatic carbocycles. The van der Waals surface area contributed by atoms with Gasteiger partial charge in [0.15, 0.2) is 0 Å². The van der Waals surface area contributed by atoms with Gasteiger partial charge in [-0.15, -0.1) is 11.3 Å². The zero-order chi connectivity index (χ0) is 12.5. The van der Waals surface area contributed by atoms with Gasteiger partial charge in [0.05, 0.1) is 0 Å². The van der Waals surface area contributed by atoms with Crippen LogP contribution in [0.5, 0.6) is 0 Å². The Hall–Kier alpha value is -1.15. The average molecular weight is 246 g/mol. The Balaban J connectivity index is 2.12. The smallest absolute Gasteiger partial charge is 0.138 e. The second-order valence-electron chi connectivity index (χ2n) is 5.43. The SMILES string of the molecule is CC(C)(C)C(=O)CCc1csc2ccccc12. The number of ketones is 1. The highest BCUT2D eigenvalue weighted by molar-refractivity contribution is 7.17. The highest BCUT2D eigenvalue weighted by Gasteiger charge is 2.20. The maximum atomic E-state index is 11.9. The molecule has 2 rings (SSSR count). The summed E-state index contributed by atoms with van der Waals surface area (Å²) in [6.07, 6.45) is 1.50. The number of rotatable bonds is 3. The molecular weight excluding hydrogens is 228 g/mol. The van der Waals surface area contributed by atoms with E-state index in [1.807, 2.05) is 20.8 Å². The van der Waals surface area contributed by atoms with E-state index < -0.39 is 0 Å². The lowest BCUT2D eigenvalue weighted by molar-refractivity contribution is -0.126. The number of benzene rings is 1. The van der Waals surface area contributed by atoms with Crippen molar-refractivity contribution >= 4 is 27.2 Å². The summed E-state index contributed by atoms with van der Waals surface area (Å²) in [6.45, 7) is 5.96. The predicted molar refractivity (Wildman–Crippen MR) is 74.6 cm³/mol. The van der Waals surface area contributed by atoms with Gasteiger partial charge in [-0.3, -0.25) is 4.79 Å². The molecule has 0 unspecified atom stereocenters. The summed E-state index contributed by atoms with van der Waals surface area (Å²) in [4.78, 5) is 11.9. The first-order chi connectivity index (χ1) is 7.98. The third-order valence-corrected chi connectivity index (χ3v) is 4.03. The Morgan fingerprint density at radius 1 is 1.24 bits per heavy atom. The summed E-state index contributed by atoms with van der Waals surface area (Å²) in [5.41, 5.74) is 1.09. The molecule has 0 spiro atoms. The fourth-order valence-corrected chi connectivity index (χ4v) is 2.85. The summed E-state index contributed by atoms with van der Waals surface area (Å²) in [5.74, 6) is 0.341. The minimum Gasteiger partial charge on any atom is -0.299 e. The third kappa shape index (κ3) is 2.75. The molecule has 0 saturated carbocycles. The Morgan fingerprint density at radius 2 is 1.94 bits per heavy atom. The van der Waals surface area contributed by atoms with Crippen LogP contribution in [0.25, 0.3) is 10.1 Å². The van der Waals surface area contributed by atoms with Crippen LogP contribution in [0.2, 0.25) is 0 Å². The number of carbonyl (C=O) groups is 1. The Labute approximate surface area is 106 Å². The molecule has 0 aliphatic heterocycles. The Kier molecular flexibility index (Phi) is 3.34. The topological polar surface area (TPSA) is 17.1 Å². The number of carbonyl (C=O) groups excluding carboxylic acids is 1. The van der Waals surface area contributed by atoms with E-state index >= 15 is 0 Å². The van der Waals surface area contributed by atoms with Crippen LogP contribution in [0.1, 0.15) is 32.8 Å². The molecule has 2 aromatic rings. The highest BCUT2D eigenvalue weighted by atomic mass is 32.1. The van der Waals surface area contributed by atoms with Crippen molar-refractivity contribution in [3.05, 3.63) is 35.2 Å². The first-order valence-corrected chi connectivity index (χ1v) is 6.85. The highest BCUT2D eigenvalue weighted by Crippen LogP contribution is 2.27. The van der Waals surface area contributed by atoms with Crippen LogP contribution in [0.4, 0.5) is 0 Å². The molecule has 0 bridgehead atoms. The predicted octanol–water partition coefficient (Wildman–Crippen LogP) is 4.45. The molecular formula is C15H18OS.